The minimum absolute atomic E-state index is 0.834. The van der Waals surface area contributed by atoms with Gasteiger partial charge in [-0.15, -0.1) is 0 Å². The van der Waals surface area contributed by atoms with Crippen LogP contribution in [-0.2, 0) is 6.42 Å². The SMILES string of the molecule is c1ccc(-c2ccc3oc4ccccc4c3c2)c(Cc2ccccc2-c2ccc3oc4ccccc4c3c2)c1. The standard InChI is InChI=1S/C37H24O2/c1-3-11-28(26-17-19-36-32(22-26)30-13-5-7-15-34(30)38-36)24(9-1)21-25-10-2-4-12-29(25)27-18-20-37-33(23-27)31-14-6-8-16-35(31)39-37/h1-20,22-23H,21H2. The molecular formula is C37H24O2. The first kappa shape index (κ1) is 22.0. The number of rotatable bonds is 4. The molecular weight excluding hydrogens is 476 g/mol. The predicted octanol–water partition coefficient (Wildman–Crippen LogP) is 10.4. The Morgan fingerprint density at radius 2 is 0.769 bits per heavy atom. The Hall–Kier alpha value is -5.08. The fourth-order valence-electron chi connectivity index (χ4n) is 5.90. The molecule has 0 amide bonds. The third kappa shape index (κ3) is 3.65. The largest absolute Gasteiger partial charge is 0.456 e. The summed E-state index contributed by atoms with van der Waals surface area (Å²) in [5.41, 5.74) is 11.2. The van der Waals surface area contributed by atoms with E-state index in [-0.39, 0.29) is 0 Å². The van der Waals surface area contributed by atoms with E-state index in [1.165, 1.54) is 33.4 Å². The molecule has 0 radical (unpaired) electrons. The van der Waals surface area contributed by atoms with Crippen molar-refractivity contribution in [1.29, 1.82) is 0 Å². The molecule has 0 aliphatic heterocycles. The Kier molecular flexibility index (Phi) is 4.92. The van der Waals surface area contributed by atoms with Gasteiger partial charge in [0.1, 0.15) is 22.3 Å². The van der Waals surface area contributed by atoms with Gasteiger partial charge in [-0.2, -0.15) is 0 Å². The van der Waals surface area contributed by atoms with Crippen molar-refractivity contribution in [3.05, 3.63) is 145 Å². The quantitative estimate of drug-likeness (QED) is 0.240. The van der Waals surface area contributed by atoms with Gasteiger partial charge < -0.3 is 8.83 Å². The van der Waals surface area contributed by atoms with Gasteiger partial charge >= 0.3 is 0 Å². The van der Waals surface area contributed by atoms with E-state index in [1.807, 2.05) is 24.3 Å². The summed E-state index contributed by atoms with van der Waals surface area (Å²) in [7, 11) is 0. The van der Waals surface area contributed by atoms with Crippen molar-refractivity contribution in [2.45, 2.75) is 6.42 Å². The topological polar surface area (TPSA) is 26.3 Å². The van der Waals surface area contributed by atoms with Crippen LogP contribution in [0, 0.1) is 0 Å². The summed E-state index contributed by atoms with van der Waals surface area (Å²) in [6, 6.07) is 47.0. The first-order valence-electron chi connectivity index (χ1n) is 13.3. The lowest BCUT2D eigenvalue weighted by Gasteiger charge is -2.14. The highest BCUT2D eigenvalue weighted by atomic mass is 16.3. The fourth-order valence-corrected chi connectivity index (χ4v) is 5.90. The van der Waals surface area contributed by atoms with Crippen LogP contribution in [0.2, 0.25) is 0 Å². The minimum atomic E-state index is 0.834. The third-order valence-corrected chi connectivity index (χ3v) is 7.79. The molecule has 2 aromatic heterocycles. The molecule has 0 atom stereocenters. The van der Waals surface area contributed by atoms with Crippen molar-refractivity contribution in [2.24, 2.45) is 0 Å². The highest BCUT2D eigenvalue weighted by molar-refractivity contribution is 6.07. The maximum absolute atomic E-state index is 6.08. The van der Waals surface area contributed by atoms with E-state index in [9.17, 15) is 0 Å². The second-order valence-corrected chi connectivity index (χ2v) is 10.1. The lowest BCUT2D eigenvalue weighted by molar-refractivity contribution is 0.668. The predicted molar refractivity (Wildman–Crippen MR) is 161 cm³/mol. The molecule has 6 aromatic carbocycles. The van der Waals surface area contributed by atoms with Gasteiger partial charge in [0, 0.05) is 21.5 Å². The summed E-state index contributed by atoms with van der Waals surface area (Å²) >= 11 is 0. The smallest absolute Gasteiger partial charge is 0.135 e. The van der Waals surface area contributed by atoms with Crippen LogP contribution in [0.25, 0.3) is 66.1 Å². The van der Waals surface area contributed by atoms with Crippen LogP contribution < -0.4 is 0 Å². The molecule has 0 fully saturated rings. The van der Waals surface area contributed by atoms with Gasteiger partial charge in [-0.1, -0.05) is 97.1 Å². The third-order valence-electron chi connectivity index (χ3n) is 7.79. The zero-order valence-electron chi connectivity index (χ0n) is 21.2. The average Bonchev–Trinajstić information content (AvgIpc) is 3.55. The van der Waals surface area contributed by atoms with Crippen LogP contribution in [0.15, 0.2) is 142 Å². The minimum Gasteiger partial charge on any atom is -0.456 e. The van der Waals surface area contributed by atoms with Gasteiger partial charge in [-0.3, -0.25) is 0 Å². The van der Waals surface area contributed by atoms with E-state index < -0.39 is 0 Å². The lowest BCUT2D eigenvalue weighted by Crippen LogP contribution is -1.95. The number of furan rings is 2. The van der Waals surface area contributed by atoms with Gasteiger partial charge in [0.15, 0.2) is 0 Å². The Morgan fingerprint density at radius 3 is 1.28 bits per heavy atom. The van der Waals surface area contributed by atoms with E-state index in [0.29, 0.717) is 0 Å². The average molecular weight is 501 g/mol. The Balaban J connectivity index is 1.22. The molecule has 184 valence electrons. The van der Waals surface area contributed by atoms with Crippen molar-refractivity contribution < 1.29 is 8.83 Å². The zero-order valence-corrected chi connectivity index (χ0v) is 21.2. The summed E-state index contributed by atoms with van der Waals surface area (Å²) < 4.78 is 12.2. The van der Waals surface area contributed by atoms with Gasteiger partial charge in [-0.05, 0) is 76.2 Å². The zero-order chi connectivity index (χ0) is 25.8. The molecule has 0 unspecified atom stereocenters. The molecule has 2 heterocycles. The van der Waals surface area contributed by atoms with Crippen molar-refractivity contribution in [3.63, 3.8) is 0 Å². The van der Waals surface area contributed by atoms with E-state index in [2.05, 4.69) is 109 Å². The molecule has 39 heavy (non-hydrogen) atoms. The normalized spacial score (nSPS) is 11.7. The highest BCUT2D eigenvalue weighted by Gasteiger charge is 2.14. The van der Waals surface area contributed by atoms with Crippen molar-refractivity contribution in [2.75, 3.05) is 0 Å². The maximum atomic E-state index is 6.08. The number of hydrogen-bond acceptors (Lipinski definition) is 2. The Morgan fingerprint density at radius 1 is 0.359 bits per heavy atom. The number of fused-ring (bicyclic) bond motifs is 6. The van der Waals surface area contributed by atoms with Gasteiger partial charge in [-0.25, -0.2) is 0 Å². The van der Waals surface area contributed by atoms with Gasteiger partial charge in [0.2, 0.25) is 0 Å². The maximum Gasteiger partial charge on any atom is 0.135 e. The molecule has 0 spiro atoms. The van der Waals surface area contributed by atoms with Gasteiger partial charge in [0.05, 0.1) is 0 Å². The van der Waals surface area contributed by atoms with Crippen LogP contribution in [0.5, 0.6) is 0 Å². The number of benzene rings is 6. The molecule has 0 saturated heterocycles. The summed E-state index contributed by atoms with van der Waals surface area (Å²) in [4.78, 5) is 0. The van der Waals surface area contributed by atoms with Crippen LogP contribution in [-0.4, -0.2) is 0 Å². The summed E-state index contributed by atoms with van der Waals surface area (Å²) in [6.45, 7) is 0. The second kappa shape index (κ2) is 8.75. The molecule has 0 N–H and O–H groups in total. The molecule has 0 saturated carbocycles. The molecule has 0 aliphatic rings. The first-order valence-corrected chi connectivity index (χ1v) is 13.3. The van der Waals surface area contributed by atoms with Crippen molar-refractivity contribution >= 4 is 43.9 Å². The lowest BCUT2D eigenvalue weighted by atomic mass is 9.90. The summed E-state index contributed by atoms with van der Waals surface area (Å²) in [5, 5.41) is 4.61. The van der Waals surface area contributed by atoms with E-state index in [0.717, 1.165) is 50.3 Å². The summed E-state index contributed by atoms with van der Waals surface area (Å²) in [5.74, 6) is 0. The van der Waals surface area contributed by atoms with Crippen molar-refractivity contribution in [1.82, 2.24) is 0 Å². The first-order chi connectivity index (χ1) is 19.3. The fraction of sp³-hybridized carbons (Fsp3) is 0.0270. The van der Waals surface area contributed by atoms with Crippen LogP contribution in [0.1, 0.15) is 11.1 Å². The Labute approximate surface area is 225 Å². The van der Waals surface area contributed by atoms with Crippen LogP contribution in [0.4, 0.5) is 0 Å². The van der Waals surface area contributed by atoms with Gasteiger partial charge in [0.25, 0.3) is 0 Å². The Bertz CT molecular complexity index is 2000. The molecule has 2 nitrogen and oxygen atoms in total. The highest BCUT2D eigenvalue weighted by Crippen LogP contribution is 2.36. The number of hydrogen-bond donors (Lipinski definition) is 0. The monoisotopic (exact) mass is 500 g/mol. The summed E-state index contributed by atoms with van der Waals surface area (Å²) in [6.07, 6.45) is 0.834. The number of para-hydroxylation sites is 2. The molecule has 0 aliphatic carbocycles. The molecule has 8 aromatic rings. The van der Waals surface area contributed by atoms with E-state index in [1.54, 1.807) is 0 Å². The second-order valence-electron chi connectivity index (χ2n) is 10.1. The van der Waals surface area contributed by atoms with E-state index in [4.69, 9.17) is 8.83 Å². The van der Waals surface area contributed by atoms with Crippen LogP contribution >= 0.6 is 0 Å². The van der Waals surface area contributed by atoms with Crippen LogP contribution in [0.3, 0.4) is 0 Å². The molecule has 2 heteroatoms. The van der Waals surface area contributed by atoms with E-state index >= 15 is 0 Å². The molecule has 0 bridgehead atoms. The van der Waals surface area contributed by atoms with Crippen molar-refractivity contribution in [3.8, 4) is 22.3 Å². The molecule has 8 rings (SSSR count).